The smallest absolute Gasteiger partial charge is 0.413 e. The Hall–Kier alpha value is -2.82. The average Bonchev–Trinajstić information content (AvgIpc) is 3.50. The van der Waals surface area contributed by atoms with E-state index in [2.05, 4.69) is 134 Å². The van der Waals surface area contributed by atoms with E-state index in [0.29, 0.717) is 62.2 Å². The molecule has 3 fully saturated rings. The summed E-state index contributed by atoms with van der Waals surface area (Å²) in [6, 6.07) is 2.14. The van der Waals surface area contributed by atoms with Gasteiger partial charge in [0.15, 0.2) is 20.0 Å². The molecule has 3 saturated heterocycles. The van der Waals surface area contributed by atoms with Crippen LogP contribution in [0.15, 0.2) is 44.7 Å². The molecule has 15 nitrogen and oxygen atoms in total. The third-order valence-electron chi connectivity index (χ3n) is 14.5. The van der Waals surface area contributed by atoms with Gasteiger partial charge >= 0.3 is 7.12 Å². The van der Waals surface area contributed by atoms with Crippen molar-refractivity contribution >= 4 is 76.8 Å². The van der Waals surface area contributed by atoms with Crippen LogP contribution in [0.5, 0.6) is 0 Å². The molecule has 5 rings (SSSR count). The monoisotopic (exact) mass is 1130 g/mol. The van der Waals surface area contributed by atoms with E-state index in [4.69, 9.17) is 23.2 Å². The Kier molecular flexibility index (Phi) is 24.7. The maximum Gasteiger partial charge on any atom is 0.486 e. The molecule has 0 N–H and O–H groups in total. The van der Waals surface area contributed by atoms with E-state index in [9.17, 15) is 19.2 Å². The quantitative estimate of drug-likeness (QED) is 0.0912. The van der Waals surface area contributed by atoms with Crippen LogP contribution in [0.1, 0.15) is 107 Å². The number of piperidine rings is 2. The first kappa shape index (κ1) is 64.5. The van der Waals surface area contributed by atoms with Gasteiger partial charge in [0.2, 0.25) is 0 Å². The molecule has 0 radical (unpaired) electrons. The van der Waals surface area contributed by atoms with Gasteiger partial charge in [-0.3, -0.25) is 28.3 Å². The molecule has 3 aliphatic heterocycles. The van der Waals surface area contributed by atoms with E-state index < -0.39 is 24.5 Å². The summed E-state index contributed by atoms with van der Waals surface area (Å²) >= 11 is 3.39. The number of nitrogens with zero attached hydrogens (tertiary/aromatic N) is 6. The first-order valence-electron chi connectivity index (χ1n) is 26.5. The Morgan fingerprint density at radius 2 is 1.16 bits per heavy atom. The molecule has 0 amide bonds. The predicted octanol–water partition coefficient (Wildman–Crippen LogP) is 11.1. The predicted molar refractivity (Wildman–Crippen MR) is 312 cm³/mol. The number of hydrogen-bond acceptors (Lipinski definition) is 13. The topological polar surface area (TPSA) is 157 Å². The Balaban J connectivity index is 0.000000293. The minimum atomic E-state index is -1.67. The second kappa shape index (κ2) is 28.0. The van der Waals surface area contributed by atoms with Crippen LogP contribution < -0.4 is 20.9 Å². The van der Waals surface area contributed by atoms with Gasteiger partial charge in [0.25, 0.3) is 11.1 Å². The molecule has 20 heteroatoms. The van der Waals surface area contributed by atoms with Crippen molar-refractivity contribution in [2.45, 2.75) is 196 Å². The zero-order valence-corrected chi connectivity index (χ0v) is 52.8. The molecule has 2 aromatic heterocycles. The van der Waals surface area contributed by atoms with Crippen molar-refractivity contribution in [2.24, 2.45) is 11.8 Å². The molecule has 0 saturated carbocycles. The van der Waals surface area contributed by atoms with Crippen LogP contribution in [0.3, 0.4) is 0 Å². The van der Waals surface area contributed by atoms with E-state index >= 15 is 0 Å². The van der Waals surface area contributed by atoms with E-state index in [-0.39, 0.29) is 71.3 Å². The van der Waals surface area contributed by atoms with Gasteiger partial charge in [-0.15, -0.1) is 0 Å². The van der Waals surface area contributed by atoms with E-state index in [0.717, 1.165) is 49.9 Å². The molecule has 5 heterocycles. The van der Waals surface area contributed by atoms with Crippen molar-refractivity contribution in [2.75, 3.05) is 55.8 Å². The van der Waals surface area contributed by atoms with Crippen molar-refractivity contribution in [1.82, 2.24) is 19.1 Å². The van der Waals surface area contributed by atoms with Crippen LogP contribution in [0.4, 0.5) is 11.6 Å². The van der Waals surface area contributed by atoms with Crippen LogP contribution in [0.25, 0.3) is 6.08 Å². The van der Waals surface area contributed by atoms with Gasteiger partial charge in [-0.1, -0.05) is 85.1 Å². The number of aromatic nitrogens is 4. The molecular weight excluding hydrogens is 1040 g/mol. The highest BCUT2D eigenvalue weighted by molar-refractivity contribution is 9.10. The SMILES string of the molecule is CC(=O)C1CCN(c2nc(Br)cn(COCC[Si](C)(C)C)c2=O)CC1.CC/C=C/c1cn(COCC[Si](C)(C)C)c(=O)c(N2CCC(C(C)=O)CC2)n1.CC1(C)OB(/C=C/CO[Si](C)(C)C(C)(C)C)OC1(C)C. The van der Waals surface area contributed by atoms with Crippen LogP contribution in [0.2, 0.25) is 69.5 Å². The molecule has 0 spiro atoms. The first-order chi connectivity index (χ1) is 33.7. The molecule has 3 aliphatic rings. The number of ether oxygens (including phenoxy) is 2. The van der Waals surface area contributed by atoms with E-state index in [1.165, 1.54) is 0 Å². The Bertz CT molecular complexity index is 2260. The van der Waals surface area contributed by atoms with Crippen LogP contribution in [-0.4, -0.2) is 119 Å². The van der Waals surface area contributed by atoms with Gasteiger partial charge in [0.05, 0.1) is 23.5 Å². The highest BCUT2D eigenvalue weighted by Crippen LogP contribution is 2.38. The second-order valence-corrected chi connectivity index (χ2v) is 41.7. The number of carbonyl (C=O) groups is 2. The molecule has 73 heavy (non-hydrogen) atoms. The van der Waals surface area contributed by atoms with Crippen molar-refractivity contribution in [3.05, 3.63) is 61.5 Å². The third kappa shape index (κ3) is 21.3. The number of carbonyl (C=O) groups excluding carboxylic acids is 2. The van der Waals surface area contributed by atoms with Gasteiger partial charge in [0, 0.05) is 79.8 Å². The van der Waals surface area contributed by atoms with Gasteiger partial charge in [-0.25, -0.2) is 9.97 Å². The van der Waals surface area contributed by atoms with Crippen LogP contribution >= 0.6 is 15.9 Å². The fourth-order valence-electron chi connectivity index (χ4n) is 7.65. The van der Waals surface area contributed by atoms with Gasteiger partial charge in [0.1, 0.15) is 29.6 Å². The molecular formula is C53H94BBrN6O9Si3. The highest BCUT2D eigenvalue weighted by atomic mass is 79.9. The summed E-state index contributed by atoms with van der Waals surface area (Å²) in [5, 5.41) is 0.241. The lowest BCUT2D eigenvalue weighted by Crippen LogP contribution is -2.41. The summed E-state index contributed by atoms with van der Waals surface area (Å²) in [5.41, 5.74) is -0.0516. The lowest BCUT2D eigenvalue weighted by molar-refractivity contribution is -0.122. The number of rotatable bonds is 20. The molecule has 0 aromatic carbocycles. The fraction of sp³-hybridized carbons (Fsp3) is 0.736. The molecule has 0 bridgehead atoms. The van der Waals surface area contributed by atoms with Gasteiger partial charge in [-0.2, -0.15) is 0 Å². The molecule has 2 aromatic rings. The number of allylic oxidation sites excluding steroid dienone is 1. The summed E-state index contributed by atoms with van der Waals surface area (Å²) < 4.78 is 33.2. The third-order valence-corrected chi connectivity index (χ3v) is 22.8. The van der Waals surface area contributed by atoms with Crippen molar-refractivity contribution in [1.29, 1.82) is 0 Å². The average molecular weight is 1130 g/mol. The first-order valence-corrected chi connectivity index (χ1v) is 37.7. The molecule has 0 unspecified atom stereocenters. The summed E-state index contributed by atoms with van der Waals surface area (Å²) in [7, 11) is -4.25. The Labute approximate surface area is 451 Å². The van der Waals surface area contributed by atoms with Crippen molar-refractivity contribution < 1.29 is 32.8 Å². The highest BCUT2D eigenvalue weighted by Gasteiger charge is 2.50. The number of hydrogen-bond donors (Lipinski definition) is 0. The standard InChI is InChI=1S/C21H35N3O3Si.C17H28BrN3O3Si.C15H31BO3Si/c1-6-7-8-19-15-24(16-27-13-14-28(3,4)5)21(26)20(22-19)23-11-9-18(10-12-23)17(2)25;1-13(22)14-5-7-20(8-6-14)16-17(23)21(11-15(18)19-16)12-24-9-10-25(2,3)4;1-13(2,3)20(8,9)17-12-10-11-16-18-14(4,5)15(6,7)19-16/h7-8,15,18H,6,9-14,16H2,1-5H3;11,14H,5-10,12H2,1-4H3;10-11H,12H2,1-9H3/b8-7+;;11-10+. The zero-order valence-electron chi connectivity index (χ0n) is 48.2. The van der Waals surface area contributed by atoms with Crippen molar-refractivity contribution in [3.8, 4) is 0 Å². The largest absolute Gasteiger partial charge is 0.486 e. The van der Waals surface area contributed by atoms with Gasteiger partial charge in [-0.05, 0) is 126 Å². The van der Waals surface area contributed by atoms with E-state index in [1.807, 2.05) is 34.0 Å². The Morgan fingerprint density at radius 1 is 0.740 bits per heavy atom. The summed E-state index contributed by atoms with van der Waals surface area (Å²) in [5.74, 6) is 3.54. The number of halogens is 1. The maximum absolute atomic E-state index is 13.0. The maximum atomic E-state index is 13.0. The number of ketones is 2. The number of Topliss-reactive ketones (excluding diaryl/α,β-unsaturated/α-hetero) is 2. The normalized spacial score (nSPS) is 18.0. The lowest BCUT2D eigenvalue weighted by Gasteiger charge is -2.35. The second-order valence-electron chi connectivity index (χ2n) is 24.8. The molecule has 0 atom stereocenters. The zero-order chi connectivity index (χ0) is 55.2. The lowest BCUT2D eigenvalue weighted by atomic mass is 9.90. The van der Waals surface area contributed by atoms with Gasteiger partial charge < -0.3 is 33.0 Å². The van der Waals surface area contributed by atoms with E-state index in [1.54, 1.807) is 35.4 Å². The minimum Gasteiger partial charge on any atom is -0.413 e. The van der Waals surface area contributed by atoms with Crippen LogP contribution in [-0.2, 0) is 46.3 Å². The van der Waals surface area contributed by atoms with Crippen molar-refractivity contribution in [3.63, 3.8) is 0 Å². The summed E-state index contributed by atoms with van der Waals surface area (Å²) in [6.45, 7) is 43.9. The number of anilines is 2. The minimum absolute atomic E-state index is 0.103. The van der Waals surface area contributed by atoms with Crippen LogP contribution in [0, 0.1) is 11.8 Å². The fourth-order valence-corrected chi connectivity index (χ4v) is 10.5. The Morgan fingerprint density at radius 3 is 1.56 bits per heavy atom. The summed E-state index contributed by atoms with van der Waals surface area (Å²) in [4.78, 5) is 61.8. The molecule has 0 aliphatic carbocycles. The summed E-state index contributed by atoms with van der Waals surface area (Å²) in [6.07, 6.45) is 13.5. The molecule has 412 valence electrons.